The summed E-state index contributed by atoms with van der Waals surface area (Å²) in [5.41, 5.74) is 0. The molecule has 0 amide bonds. The molecule has 0 spiro atoms. The first kappa shape index (κ1) is 26.3. The summed E-state index contributed by atoms with van der Waals surface area (Å²) in [5.74, 6) is -1.10. The lowest BCUT2D eigenvalue weighted by Crippen LogP contribution is -2.67. The van der Waals surface area contributed by atoms with Crippen molar-refractivity contribution < 1.29 is 28.6 Å². The minimum atomic E-state index is -0.517. The summed E-state index contributed by atoms with van der Waals surface area (Å²) in [6, 6.07) is -1.55. The first-order chi connectivity index (χ1) is 14.0. The van der Waals surface area contributed by atoms with Gasteiger partial charge in [0.1, 0.15) is 18.1 Å². The zero-order chi connectivity index (χ0) is 23.2. The fourth-order valence-electron chi connectivity index (χ4n) is 4.25. The summed E-state index contributed by atoms with van der Waals surface area (Å²) < 4.78 is 15.1. The highest BCUT2D eigenvalue weighted by atomic mass is 16.5. The molecule has 174 valence electrons. The van der Waals surface area contributed by atoms with E-state index in [4.69, 9.17) is 14.2 Å². The van der Waals surface area contributed by atoms with Crippen LogP contribution in [0, 0.1) is 17.8 Å². The quantitative estimate of drug-likeness (QED) is 0.398. The van der Waals surface area contributed by atoms with Crippen LogP contribution in [0.1, 0.15) is 41.5 Å². The third kappa shape index (κ3) is 6.15. The van der Waals surface area contributed by atoms with Gasteiger partial charge in [-0.05, 0) is 17.8 Å². The lowest BCUT2D eigenvalue weighted by molar-refractivity contribution is -0.172. The Morgan fingerprint density at radius 1 is 0.533 bits per heavy atom. The van der Waals surface area contributed by atoms with Gasteiger partial charge in [0.2, 0.25) is 0 Å². The molecule has 1 heterocycles. The monoisotopic (exact) mass is 429 g/mol. The van der Waals surface area contributed by atoms with Crippen LogP contribution in [0.3, 0.4) is 0 Å². The Balaban J connectivity index is 3.41. The van der Waals surface area contributed by atoms with Gasteiger partial charge in [-0.3, -0.25) is 29.1 Å². The second kappa shape index (κ2) is 11.6. The van der Waals surface area contributed by atoms with Crippen molar-refractivity contribution in [2.75, 3.05) is 41.3 Å². The van der Waals surface area contributed by atoms with Crippen molar-refractivity contribution in [2.45, 2.75) is 59.7 Å². The minimum Gasteiger partial charge on any atom is -0.468 e. The molecule has 0 aromatic heterocycles. The van der Waals surface area contributed by atoms with Crippen LogP contribution in [0.25, 0.3) is 0 Å². The van der Waals surface area contributed by atoms with E-state index in [1.165, 1.54) is 21.3 Å². The van der Waals surface area contributed by atoms with E-state index in [9.17, 15) is 14.4 Å². The summed E-state index contributed by atoms with van der Waals surface area (Å²) in [4.78, 5) is 43.6. The van der Waals surface area contributed by atoms with Gasteiger partial charge in [-0.2, -0.15) is 0 Å². The summed E-state index contributed by atoms with van der Waals surface area (Å²) in [5, 5.41) is 0. The Bertz CT molecular complexity index is 508. The highest BCUT2D eigenvalue weighted by molar-refractivity contribution is 5.77. The van der Waals surface area contributed by atoms with Gasteiger partial charge < -0.3 is 14.2 Å². The Morgan fingerprint density at radius 2 is 0.733 bits per heavy atom. The van der Waals surface area contributed by atoms with Crippen LogP contribution in [-0.4, -0.2) is 92.1 Å². The molecule has 0 aliphatic carbocycles. The third-order valence-corrected chi connectivity index (χ3v) is 5.49. The third-order valence-electron chi connectivity index (χ3n) is 5.49. The Kier molecular flexibility index (Phi) is 10.2. The van der Waals surface area contributed by atoms with Gasteiger partial charge in [-0.1, -0.05) is 41.5 Å². The Morgan fingerprint density at radius 3 is 0.867 bits per heavy atom. The molecule has 1 saturated heterocycles. The molecular weight excluding hydrogens is 390 g/mol. The predicted octanol–water partition coefficient (Wildman–Crippen LogP) is 1.37. The number of ether oxygens (including phenoxy) is 3. The SMILES string of the molecule is COC(=O)[C@H](C(C)C)N1CN([C@H](C(=O)OC)C(C)C)CN([C@H](C(=O)OC)C(C)C)C1. The van der Waals surface area contributed by atoms with E-state index in [-0.39, 0.29) is 35.7 Å². The van der Waals surface area contributed by atoms with Crippen LogP contribution in [0.4, 0.5) is 0 Å². The molecule has 0 aromatic carbocycles. The lowest BCUT2D eigenvalue weighted by Gasteiger charge is -2.50. The number of hydrogen-bond acceptors (Lipinski definition) is 9. The van der Waals surface area contributed by atoms with Crippen molar-refractivity contribution in [3.63, 3.8) is 0 Å². The maximum absolute atomic E-state index is 12.6. The fraction of sp³-hybridized carbons (Fsp3) is 0.857. The number of methoxy groups -OCH3 is 3. The van der Waals surface area contributed by atoms with Crippen LogP contribution in [0.15, 0.2) is 0 Å². The molecule has 3 atom stereocenters. The average Bonchev–Trinajstić information content (AvgIpc) is 2.66. The highest BCUT2D eigenvalue weighted by Crippen LogP contribution is 2.25. The molecule has 0 N–H and O–H groups in total. The number of nitrogens with zero attached hydrogens (tertiary/aromatic N) is 3. The summed E-state index contributed by atoms with van der Waals surface area (Å²) in [7, 11) is 4.11. The fourth-order valence-corrected chi connectivity index (χ4v) is 4.25. The van der Waals surface area contributed by atoms with Crippen LogP contribution in [0.2, 0.25) is 0 Å². The molecule has 0 saturated carbocycles. The number of hydrogen-bond donors (Lipinski definition) is 0. The van der Waals surface area contributed by atoms with Gasteiger partial charge in [0.25, 0.3) is 0 Å². The topological polar surface area (TPSA) is 88.6 Å². The van der Waals surface area contributed by atoms with E-state index in [2.05, 4.69) is 0 Å². The molecule has 0 unspecified atom stereocenters. The van der Waals surface area contributed by atoms with Gasteiger partial charge >= 0.3 is 17.9 Å². The van der Waals surface area contributed by atoms with Crippen molar-refractivity contribution in [3.8, 4) is 0 Å². The molecule has 1 aliphatic rings. The predicted molar refractivity (Wildman–Crippen MR) is 112 cm³/mol. The van der Waals surface area contributed by atoms with Gasteiger partial charge in [-0.25, -0.2) is 0 Å². The van der Waals surface area contributed by atoms with E-state index in [1.807, 2.05) is 56.2 Å². The summed E-state index contributed by atoms with van der Waals surface area (Å²) in [6.45, 7) is 12.8. The zero-order valence-corrected chi connectivity index (χ0v) is 19.9. The van der Waals surface area contributed by atoms with Crippen molar-refractivity contribution >= 4 is 17.9 Å². The number of carbonyl (C=O) groups excluding carboxylic acids is 3. The van der Waals surface area contributed by atoms with Crippen LogP contribution < -0.4 is 0 Å². The number of rotatable bonds is 9. The molecule has 0 aromatic rings. The molecule has 1 rings (SSSR count). The number of carbonyl (C=O) groups is 3. The Labute approximate surface area is 180 Å². The second-order valence-electron chi connectivity index (χ2n) is 8.83. The van der Waals surface area contributed by atoms with Gasteiger partial charge in [0.05, 0.1) is 41.3 Å². The summed E-state index contributed by atoms with van der Waals surface area (Å²) in [6.07, 6.45) is 0. The molecule has 9 nitrogen and oxygen atoms in total. The molecule has 0 radical (unpaired) electrons. The van der Waals surface area contributed by atoms with Crippen molar-refractivity contribution in [1.29, 1.82) is 0 Å². The average molecular weight is 430 g/mol. The van der Waals surface area contributed by atoms with E-state index >= 15 is 0 Å². The minimum absolute atomic E-state index is 0.0227. The standard InChI is InChI=1S/C21H39N3O6/c1-13(2)16(19(25)28-7)22-10-23(17(14(3)4)20(26)29-8)12-24(11-22)18(15(5)6)21(27)30-9/h13-18H,10-12H2,1-9H3/t16-,17-,18-/m0/s1. The maximum atomic E-state index is 12.6. The Hall–Kier alpha value is -1.71. The van der Waals surface area contributed by atoms with E-state index in [0.29, 0.717) is 20.0 Å². The van der Waals surface area contributed by atoms with Crippen LogP contribution >= 0.6 is 0 Å². The van der Waals surface area contributed by atoms with E-state index < -0.39 is 18.1 Å². The first-order valence-electron chi connectivity index (χ1n) is 10.5. The first-order valence-corrected chi connectivity index (χ1v) is 10.5. The van der Waals surface area contributed by atoms with Crippen LogP contribution in [-0.2, 0) is 28.6 Å². The molecule has 30 heavy (non-hydrogen) atoms. The second-order valence-corrected chi connectivity index (χ2v) is 8.83. The van der Waals surface area contributed by atoms with E-state index in [0.717, 1.165) is 0 Å². The smallest absolute Gasteiger partial charge is 0.323 e. The normalized spacial score (nSPS) is 19.6. The van der Waals surface area contributed by atoms with Gasteiger partial charge in [0, 0.05) is 0 Å². The highest BCUT2D eigenvalue weighted by Gasteiger charge is 2.43. The van der Waals surface area contributed by atoms with Crippen molar-refractivity contribution in [1.82, 2.24) is 14.7 Å². The molecule has 1 aliphatic heterocycles. The maximum Gasteiger partial charge on any atom is 0.323 e. The number of esters is 3. The molecule has 9 heteroatoms. The largest absolute Gasteiger partial charge is 0.468 e. The lowest BCUT2D eigenvalue weighted by atomic mass is 9.99. The molecule has 1 fully saturated rings. The van der Waals surface area contributed by atoms with Gasteiger partial charge in [-0.15, -0.1) is 0 Å². The van der Waals surface area contributed by atoms with Crippen LogP contribution in [0.5, 0.6) is 0 Å². The van der Waals surface area contributed by atoms with Gasteiger partial charge in [0.15, 0.2) is 0 Å². The van der Waals surface area contributed by atoms with Crippen molar-refractivity contribution in [2.24, 2.45) is 17.8 Å². The zero-order valence-electron chi connectivity index (χ0n) is 19.9. The molecular formula is C21H39N3O6. The van der Waals surface area contributed by atoms with E-state index in [1.54, 1.807) is 0 Å². The molecule has 0 bridgehead atoms. The van der Waals surface area contributed by atoms with Crippen molar-refractivity contribution in [3.05, 3.63) is 0 Å². The summed E-state index contributed by atoms with van der Waals surface area (Å²) >= 11 is 0.